The van der Waals surface area contributed by atoms with Gasteiger partial charge in [-0.05, 0) is 13.0 Å². The van der Waals surface area contributed by atoms with Crippen LogP contribution in [0.25, 0.3) is 0 Å². The molecule has 3 heteroatoms. The number of nitrogens with zero attached hydrogens (tertiary/aromatic N) is 2. The first kappa shape index (κ1) is 9.82. The Bertz CT molecular complexity index is 283. The third kappa shape index (κ3) is 2.92. The van der Waals surface area contributed by atoms with Gasteiger partial charge in [-0.15, -0.1) is 12.3 Å². The van der Waals surface area contributed by atoms with Crippen LogP contribution < -0.4 is 5.32 Å². The summed E-state index contributed by atoms with van der Waals surface area (Å²) in [6.07, 6.45) is 7.74. The molecule has 0 radical (unpaired) electrons. The number of aromatic nitrogens is 2. The monoisotopic (exact) mass is 177 g/mol. The molecule has 0 saturated heterocycles. The summed E-state index contributed by atoms with van der Waals surface area (Å²) in [6, 6.07) is 2.02. The molecule has 1 N–H and O–H groups in total. The van der Waals surface area contributed by atoms with Crippen molar-refractivity contribution in [1.29, 1.82) is 0 Å². The second-order valence-electron chi connectivity index (χ2n) is 2.77. The molecule has 0 bridgehead atoms. The van der Waals surface area contributed by atoms with Gasteiger partial charge in [-0.2, -0.15) is 5.10 Å². The lowest BCUT2D eigenvalue weighted by Gasteiger charge is -2.04. The van der Waals surface area contributed by atoms with Gasteiger partial charge in [-0.1, -0.05) is 0 Å². The lowest BCUT2D eigenvalue weighted by molar-refractivity contribution is 0.585. The van der Waals surface area contributed by atoms with Crippen LogP contribution in [0.15, 0.2) is 12.3 Å². The molecule has 0 saturated carbocycles. The molecule has 0 fully saturated rings. The number of rotatable bonds is 5. The molecule has 1 rings (SSSR count). The highest BCUT2D eigenvalue weighted by atomic mass is 15.3. The third-order valence-electron chi connectivity index (χ3n) is 1.86. The zero-order valence-electron chi connectivity index (χ0n) is 7.95. The maximum Gasteiger partial charge on any atom is 0.0521 e. The molecular formula is C10H15N3. The normalized spacial score (nSPS) is 9.85. The molecular weight excluding hydrogens is 162 g/mol. The first-order valence-corrected chi connectivity index (χ1v) is 4.53. The fraction of sp³-hybridized carbons (Fsp3) is 0.500. The molecule has 0 unspecified atom stereocenters. The van der Waals surface area contributed by atoms with Gasteiger partial charge in [-0.25, -0.2) is 0 Å². The van der Waals surface area contributed by atoms with E-state index < -0.39 is 0 Å². The van der Waals surface area contributed by atoms with Crippen molar-refractivity contribution in [2.75, 3.05) is 6.54 Å². The van der Waals surface area contributed by atoms with Crippen molar-refractivity contribution in [1.82, 2.24) is 15.1 Å². The topological polar surface area (TPSA) is 29.9 Å². The second kappa shape index (κ2) is 5.39. The summed E-state index contributed by atoms with van der Waals surface area (Å²) in [5, 5.41) is 7.43. The molecule has 1 heterocycles. The fourth-order valence-corrected chi connectivity index (χ4v) is 1.17. The zero-order chi connectivity index (χ0) is 9.52. The number of terminal acetylenes is 1. The summed E-state index contributed by atoms with van der Waals surface area (Å²) < 4.78 is 1.98. The summed E-state index contributed by atoms with van der Waals surface area (Å²) in [5.74, 6) is 2.59. The van der Waals surface area contributed by atoms with Gasteiger partial charge in [0.2, 0.25) is 0 Å². The lowest BCUT2D eigenvalue weighted by atomic mass is 10.4. The van der Waals surface area contributed by atoms with E-state index in [4.69, 9.17) is 6.42 Å². The Morgan fingerprint density at radius 1 is 1.69 bits per heavy atom. The highest BCUT2D eigenvalue weighted by molar-refractivity contribution is 4.99. The van der Waals surface area contributed by atoms with Gasteiger partial charge in [0.15, 0.2) is 0 Å². The van der Waals surface area contributed by atoms with E-state index in [2.05, 4.69) is 23.3 Å². The molecule has 0 aliphatic heterocycles. The van der Waals surface area contributed by atoms with Crippen LogP contribution in [0, 0.1) is 12.3 Å². The quantitative estimate of drug-likeness (QED) is 0.537. The summed E-state index contributed by atoms with van der Waals surface area (Å²) >= 11 is 0. The van der Waals surface area contributed by atoms with Crippen molar-refractivity contribution in [3.05, 3.63) is 18.0 Å². The maximum absolute atomic E-state index is 5.14. The van der Waals surface area contributed by atoms with Crippen LogP contribution in [-0.2, 0) is 13.1 Å². The largest absolute Gasteiger partial charge is 0.310 e. The van der Waals surface area contributed by atoms with Gasteiger partial charge in [0.1, 0.15) is 0 Å². The Hall–Kier alpha value is -1.27. The summed E-state index contributed by atoms with van der Waals surface area (Å²) in [6.45, 7) is 4.71. The predicted octanol–water partition coefficient (Wildman–Crippen LogP) is 1.02. The maximum atomic E-state index is 5.14. The average Bonchev–Trinajstić information content (AvgIpc) is 2.60. The van der Waals surface area contributed by atoms with Crippen molar-refractivity contribution in [2.45, 2.75) is 26.4 Å². The van der Waals surface area contributed by atoms with Crippen LogP contribution in [0.4, 0.5) is 0 Å². The van der Waals surface area contributed by atoms with Crippen molar-refractivity contribution < 1.29 is 0 Å². The van der Waals surface area contributed by atoms with Gasteiger partial charge in [-0.3, -0.25) is 4.68 Å². The van der Waals surface area contributed by atoms with E-state index in [1.165, 1.54) is 5.69 Å². The minimum Gasteiger partial charge on any atom is -0.310 e. The molecule has 0 aliphatic rings. The molecule has 13 heavy (non-hydrogen) atoms. The van der Waals surface area contributed by atoms with Crippen LogP contribution >= 0.6 is 0 Å². The Labute approximate surface area is 79.1 Å². The summed E-state index contributed by atoms with van der Waals surface area (Å²) in [5.41, 5.74) is 1.21. The van der Waals surface area contributed by atoms with E-state index in [0.717, 1.165) is 26.1 Å². The van der Waals surface area contributed by atoms with Crippen LogP contribution in [0.3, 0.4) is 0 Å². The average molecular weight is 177 g/mol. The SMILES string of the molecule is C#CCCNCc1ccnn1CC. The highest BCUT2D eigenvalue weighted by Crippen LogP contribution is 1.97. The van der Waals surface area contributed by atoms with Gasteiger partial charge < -0.3 is 5.32 Å². The third-order valence-corrected chi connectivity index (χ3v) is 1.86. The molecule has 0 aliphatic carbocycles. The number of hydrogen-bond donors (Lipinski definition) is 1. The van der Waals surface area contributed by atoms with E-state index in [1.807, 2.05) is 16.9 Å². The van der Waals surface area contributed by atoms with Gasteiger partial charge >= 0.3 is 0 Å². The fourth-order valence-electron chi connectivity index (χ4n) is 1.17. The van der Waals surface area contributed by atoms with E-state index >= 15 is 0 Å². The van der Waals surface area contributed by atoms with Crippen molar-refractivity contribution >= 4 is 0 Å². The number of hydrogen-bond acceptors (Lipinski definition) is 2. The van der Waals surface area contributed by atoms with Crippen LogP contribution in [-0.4, -0.2) is 16.3 Å². The molecule has 3 nitrogen and oxygen atoms in total. The molecule has 0 aromatic carbocycles. The smallest absolute Gasteiger partial charge is 0.0521 e. The Morgan fingerprint density at radius 2 is 2.54 bits per heavy atom. The lowest BCUT2D eigenvalue weighted by Crippen LogP contribution is -2.17. The molecule has 70 valence electrons. The van der Waals surface area contributed by atoms with Crippen molar-refractivity contribution in [3.8, 4) is 12.3 Å². The van der Waals surface area contributed by atoms with Crippen LogP contribution in [0.5, 0.6) is 0 Å². The Kier molecular flexibility index (Phi) is 4.07. The van der Waals surface area contributed by atoms with Gasteiger partial charge in [0, 0.05) is 32.3 Å². The minimum atomic E-state index is 0.778. The zero-order valence-corrected chi connectivity index (χ0v) is 7.95. The Balaban J connectivity index is 2.32. The molecule has 1 aromatic heterocycles. The first-order valence-electron chi connectivity index (χ1n) is 4.53. The van der Waals surface area contributed by atoms with E-state index in [-0.39, 0.29) is 0 Å². The van der Waals surface area contributed by atoms with E-state index in [0.29, 0.717) is 0 Å². The van der Waals surface area contributed by atoms with Gasteiger partial charge in [0.05, 0.1) is 5.69 Å². The highest BCUT2D eigenvalue weighted by Gasteiger charge is 1.98. The summed E-state index contributed by atoms with van der Waals surface area (Å²) in [4.78, 5) is 0. The predicted molar refractivity (Wildman–Crippen MR) is 53.1 cm³/mol. The van der Waals surface area contributed by atoms with Crippen LogP contribution in [0.2, 0.25) is 0 Å². The standard InChI is InChI=1S/C10H15N3/c1-3-5-7-11-9-10-6-8-12-13(10)4-2/h1,6,8,11H,4-5,7,9H2,2H3. The van der Waals surface area contributed by atoms with Gasteiger partial charge in [0.25, 0.3) is 0 Å². The van der Waals surface area contributed by atoms with Crippen molar-refractivity contribution in [3.63, 3.8) is 0 Å². The molecule has 1 aromatic rings. The van der Waals surface area contributed by atoms with Crippen LogP contribution in [0.1, 0.15) is 19.0 Å². The molecule has 0 spiro atoms. The molecule has 0 atom stereocenters. The molecule has 0 amide bonds. The Morgan fingerprint density at radius 3 is 3.23 bits per heavy atom. The van der Waals surface area contributed by atoms with E-state index in [9.17, 15) is 0 Å². The number of aryl methyl sites for hydroxylation is 1. The minimum absolute atomic E-state index is 0.778. The second-order valence-corrected chi connectivity index (χ2v) is 2.77. The van der Waals surface area contributed by atoms with E-state index in [1.54, 1.807) is 0 Å². The summed E-state index contributed by atoms with van der Waals surface area (Å²) in [7, 11) is 0. The first-order chi connectivity index (χ1) is 6.38. The van der Waals surface area contributed by atoms with Crippen molar-refractivity contribution in [2.24, 2.45) is 0 Å². The number of nitrogens with one attached hydrogen (secondary N) is 1.